The molecule has 0 aliphatic rings. The molecule has 0 saturated heterocycles. The van der Waals surface area contributed by atoms with E-state index in [0.29, 0.717) is 11.8 Å². The van der Waals surface area contributed by atoms with Gasteiger partial charge in [0.05, 0.1) is 6.04 Å². The number of nitrogens with one attached hydrogen (secondary N) is 1. The van der Waals surface area contributed by atoms with Crippen molar-refractivity contribution in [3.05, 3.63) is 51.9 Å². The van der Waals surface area contributed by atoms with Crippen LogP contribution in [0.3, 0.4) is 0 Å². The minimum absolute atomic E-state index is 0.138. The summed E-state index contributed by atoms with van der Waals surface area (Å²) >= 11 is 3.35. The third kappa shape index (κ3) is 3.91. The molecule has 1 heterocycles. The van der Waals surface area contributed by atoms with Crippen molar-refractivity contribution in [3.63, 3.8) is 0 Å². The molecular weight excluding hydrogens is 326 g/mol. The SMILES string of the molecule is CC(C)c1ccc(NC(C)c2ccc(Br)o2)c(C(C)C)c1. The second-order valence-electron chi connectivity index (χ2n) is 6.16. The molecule has 1 aromatic heterocycles. The van der Waals surface area contributed by atoms with Crippen molar-refractivity contribution in [3.8, 4) is 0 Å². The summed E-state index contributed by atoms with van der Waals surface area (Å²) < 4.78 is 6.40. The number of rotatable bonds is 5. The van der Waals surface area contributed by atoms with Gasteiger partial charge >= 0.3 is 0 Å². The maximum Gasteiger partial charge on any atom is 0.169 e. The highest BCUT2D eigenvalue weighted by Crippen LogP contribution is 2.31. The largest absolute Gasteiger partial charge is 0.452 e. The second-order valence-corrected chi connectivity index (χ2v) is 6.95. The first-order chi connectivity index (χ1) is 9.88. The smallest absolute Gasteiger partial charge is 0.169 e. The van der Waals surface area contributed by atoms with Crippen molar-refractivity contribution in [2.24, 2.45) is 0 Å². The van der Waals surface area contributed by atoms with Gasteiger partial charge in [-0.25, -0.2) is 0 Å². The van der Waals surface area contributed by atoms with E-state index in [0.717, 1.165) is 10.4 Å². The van der Waals surface area contributed by atoms with E-state index in [-0.39, 0.29) is 6.04 Å². The topological polar surface area (TPSA) is 25.2 Å². The van der Waals surface area contributed by atoms with Crippen molar-refractivity contribution in [1.82, 2.24) is 0 Å². The Kier molecular flexibility index (Phi) is 5.15. The average molecular weight is 350 g/mol. The fourth-order valence-corrected chi connectivity index (χ4v) is 2.73. The van der Waals surface area contributed by atoms with E-state index < -0.39 is 0 Å². The van der Waals surface area contributed by atoms with Crippen molar-refractivity contribution in [1.29, 1.82) is 0 Å². The van der Waals surface area contributed by atoms with E-state index in [1.807, 2.05) is 12.1 Å². The molecule has 1 N–H and O–H groups in total. The number of benzene rings is 1. The first-order valence-electron chi connectivity index (χ1n) is 7.54. The molecule has 114 valence electrons. The molecule has 2 rings (SSSR count). The Balaban J connectivity index is 2.26. The van der Waals surface area contributed by atoms with Crippen LogP contribution in [0.2, 0.25) is 0 Å². The molecule has 21 heavy (non-hydrogen) atoms. The number of hydrogen-bond acceptors (Lipinski definition) is 2. The molecule has 0 aliphatic heterocycles. The Morgan fingerprint density at radius 3 is 2.19 bits per heavy atom. The molecule has 0 spiro atoms. The standard InChI is InChI=1S/C18H24BrNO/c1-11(2)14-6-7-16(15(10-14)12(3)4)20-13(5)17-8-9-18(19)21-17/h6-13,20H,1-5H3. The van der Waals surface area contributed by atoms with Crippen molar-refractivity contribution in [2.45, 2.75) is 52.5 Å². The molecule has 3 heteroatoms. The highest BCUT2D eigenvalue weighted by atomic mass is 79.9. The van der Waals surface area contributed by atoms with Crippen LogP contribution in [0.4, 0.5) is 5.69 Å². The minimum Gasteiger partial charge on any atom is -0.452 e. The molecule has 0 fully saturated rings. The van der Waals surface area contributed by atoms with Gasteiger partial charge in [0.2, 0.25) is 0 Å². The number of furan rings is 1. The molecule has 1 atom stereocenters. The molecule has 0 bridgehead atoms. The molecule has 0 aliphatic carbocycles. The molecule has 0 saturated carbocycles. The molecule has 0 radical (unpaired) electrons. The zero-order chi connectivity index (χ0) is 15.6. The van der Waals surface area contributed by atoms with Crippen molar-refractivity contribution >= 4 is 21.6 Å². The highest BCUT2D eigenvalue weighted by Gasteiger charge is 2.14. The Bertz CT molecular complexity index is 601. The van der Waals surface area contributed by atoms with Crippen LogP contribution in [0, 0.1) is 0 Å². The van der Waals surface area contributed by atoms with Gasteiger partial charge in [-0.1, -0.05) is 39.8 Å². The molecule has 0 amide bonds. The normalized spacial score (nSPS) is 13.0. The first-order valence-corrected chi connectivity index (χ1v) is 8.33. The minimum atomic E-state index is 0.138. The number of hydrogen-bond donors (Lipinski definition) is 1. The highest BCUT2D eigenvalue weighted by molar-refractivity contribution is 9.10. The first kappa shape index (κ1) is 16.2. The van der Waals surface area contributed by atoms with Crippen LogP contribution < -0.4 is 5.32 Å². The number of anilines is 1. The van der Waals surface area contributed by atoms with Crippen LogP contribution in [-0.2, 0) is 0 Å². The molecule has 1 aromatic carbocycles. The van der Waals surface area contributed by atoms with E-state index in [2.05, 4.69) is 74.1 Å². The van der Waals surface area contributed by atoms with Gasteiger partial charge in [-0.15, -0.1) is 0 Å². The van der Waals surface area contributed by atoms with Crippen LogP contribution >= 0.6 is 15.9 Å². The Hall–Kier alpha value is -1.22. The Morgan fingerprint density at radius 2 is 1.67 bits per heavy atom. The lowest BCUT2D eigenvalue weighted by Crippen LogP contribution is -2.09. The third-order valence-electron chi connectivity index (χ3n) is 3.76. The van der Waals surface area contributed by atoms with Gasteiger partial charge in [0.25, 0.3) is 0 Å². The van der Waals surface area contributed by atoms with Gasteiger partial charge in [0, 0.05) is 5.69 Å². The molecule has 1 unspecified atom stereocenters. The summed E-state index contributed by atoms with van der Waals surface area (Å²) in [5, 5.41) is 3.57. The van der Waals surface area contributed by atoms with Gasteiger partial charge in [0.15, 0.2) is 4.67 Å². The zero-order valence-electron chi connectivity index (χ0n) is 13.4. The summed E-state index contributed by atoms with van der Waals surface area (Å²) in [5.41, 5.74) is 3.94. The van der Waals surface area contributed by atoms with Crippen LogP contribution in [-0.4, -0.2) is 0 Å². The number of halogens is 1. The van der Waals surface area contributed by atoms with Crippen LogP contribution in [0.5, 0.6) is 0 Å². The van der Waals surface area contributed by atoms with Gasteiger partial charge in [-0.2, -0.15) is 0 Å². The summed E-state index contributed by atoms with van der Waals surface area (Å²) in [6.07, 6.45) is 0. The molecular formula is C18H24BrNO. The lowest BCUT2D eigenvalue weighted by molar-refractivity contribution is 0.471. The van der Waals surface area contributed by atoms with E-state index in [1.54, 1.807) is 0 Å². The molecule has 2 aromatic rings. The predicted molar refractivity (Wildman–Crippen MR) is 93.1 cm³/mol. The lowest BCUT2D eigenvalue weighted by Gasteiger charge is -2.20. The van der Waals surface area contributed by atoms with Crippen LogP contribution in [0.25, 0.3) is 0 Å². The maximum atomic E-state index is 5.63. The maximum absolute atomic E-state index is 5.63. The van der Waals surface area contributed by atoms with E-state index in [9.17, 15) is 0 Å². The predicted octanol–water partition coefficient (Wildman–Crippen LogP) is 6.46. The lowest BCUT2D eigenvalue weighted by atomic mass is 9.94. The van der Waals surface area contributed by atoms with Crippen LogP contribution in [0.1, 0.15) is 69.4 Å². The quantitative estimate of drug-likeness (QED) is 0.669. The summed E-state index contributed by atoms with van der Waals surface area (Å²) in [5.74, 6) is 1.97. The van der Waals surface area contributed by atoms with Gasteiger partial charge in [-0.3, -0.25) is 0 Å². The van der Waals surface area contributed by atoms with E-state index in [1.165, 1.54) is 16.8 Å². The van der Waals surface area contributed by atoms with Gasteiger partial charge in [-0.05, 0) is 64.0 Å². The third-order valence-corrected chi connectivity index (χ3v) is 4.18. The van der Waals surface area contributed by atoms with E-state index >= 15 is 0 Å². The van der Waals surface area contributed by atoms with Crippen LogP contribution in [0.15, 0.2) is 39.4 Å². The van der Waals surface area contributed by atoms with E-state index in [4.69, 9.17) is 4.42 Å². The van der Waals surface area contributed by atoms with Crippen molar-refractivity contribution in [2.75, 3.05) is 5.32 Å². The summed E-state index contributed by atoms with van der Waals surface area (Å²) in [6.45, 7) is 11.0. The van der Waals surface area contributed by atoms with Gasteiger partial charge < -0.3 is 9.73 Å². The van der Waals surface area contributed by atoms with Gasteiger partial charge in [0.1, 0.15) is 5.76 Å². The molecule has 2 nitrogen and oxygen atoms in total. The monoisotopic (exact) mass is 349 g/mol. The summed E-state index contributed by atoms with van der Waals surface area (Å²) in [4.78, 5) is 0. The Morgan fingerprint density at radius 1 is 0.952 bits per heavy atom. The average Bonchev–Trinajstić information content (AvgIpc) is 2.85. The summed E-state index contributed by atoms with van der Waals surface area (Å²) in [6, 6.07) is 10.8. The van der Waals surface area contributed by atoms with Crippen molar-refractivity contribution < 1.29 is 4.42 Å². The Labute approximate surface area is 136 Å². The fraction of sp³-hybridized carbons (Fsp3) is 0.444. The zero-order valence-corrected chi connectivity index (χ0v) is 15.0. The summed E-state index contributed by atoms with van der Waals surface area (Å²) in [7, 11) is 0. The second kappa shape index (κ2) is 6.69. The fourth-order valence-electron chi connectivity index (χ4n) is 2.41.